The molecule has 0 bridgehead atoms. The van der Waals surface area contributed by atoms with Crippen molar-refractivity contribution in [2.45, 2.75) is 64.7 Å². The van der Waals surface area contributed by atoms with E-state index in [4.69, 9.17) is 5.11 Å². The van der Waals surface area contributed by atoms with E-state index >= 15 is 0 Å². The lowest BCUT2D eigenvalue weighted by molar-refractivity contribution is 0.289. The topological polar surface area (TPSA) is 20.2 Å². The van der Waals surface area contributed by atoms with Crippen LogP contribution in [0.3, 0.4) is 0 Å². The first kappa shape index (κ1) is 15.4. The highest BCUT2D eigenvalue weighted by molar-refractivity contribution is 4.92. The van der Waals surface area contributed by atoms with E-state index in [-0.39, 0.29) is 0 Å². The van der Waals surface area contributed by atoms with Crippen LogP contribution in [0.1, 0.15) is 64.7 Å². The maximum absolute atomic E-state index is 8.58. The molecule has 1 N–H and O–H groups in total. The van der Waals surface area contributed by atoms with Gasteiger partial charge in [0.15, 0.2) is 0 Å². The molecule has 0 aliphatic rings. The summed E-state index contributed by atoms with van der Waals surface area (Å²) in [5.74, 6) is 0. The second-order valence-electron chi connectivity index (χ2n) is 4.25. The van der Waals surface area contributed by atoms with E-state index in [9.17, 15) is 0 Å². The standard InChI is InChI=1S/C15H28O/c1-2-3-4-5-6-7-8-9-10-11-12-13-14-15-16/h8-9,11-12,16H,2-7,10,13-15H2,1H3. The van der Waals surface area contributed by atoms with Crippen molar-refractivity contribution in [3.63, 3.8) is 0 Å². The molecule has 0 atom stereocenters. The van der Waals surface area contributed by atoms with Gasteiger partial charge in [0.25, 0.3) is 0 Å². The van der Waals surface area contributed by atoms with Crippen molar-refractivity contribution < 1.29 is 5.11 Å². The molecule has 0 saturated carbocycles. The van der Waals surface area contributed by atoms with E-state index in [0.29, 0.717) is 6.61 Å². The number of unbranched alkanes of at least 4 members (excludes halogenated alkanes) is 6. The molecule has 1 nitrogen and oxygen atoms in total. The van der Waals surface area contributed by atoms with Crippen LogP contribution in [0.15, 0.2) is 24.3 Å². The van der Waals surface area contributed by atoms with Crippen molar-refractivity contribution in [2.24, 2.45) is 0 Å². The van der Waals surface area contributed by atoms with Crippen LogP contribution in [0.4, 0.5) is 0 Å². The maximum atomic E-state index is 8.58. The van der Waals surface area contributed by atoms with Gasteiger partial charge in [0.05, 0.1) is 0 Å². The summed E-state index contributed by atoms with van der Waals surface area (Å²) in [6, 6.07) is 0. The second-order valence-corrected chi connectivity index (χ2v) is 4.25. The lowest BCUT2D eigenvalue weighted by Gasteiger charge is -1.95. The van der Waals surface area contributed by atoms with Gasteiger partial charge in [-0.1, -0.05) is 56.9 Å². The van der Waals surface area contributed by atoms with Crippen molar-refractivity contribution in [3.8, 4) is 0 Å². The van der Waals surface area contributed by atoms with Crippen LogP contribution >= 0.6 is 0 Å². The Morgan fingerprint density at radius 3 is 2.00 bits per heavy atom. The molecule has 16 heavy (non-hydrogen) atoms. The summed E-state index contributed by atoms with van der Waals surface area (Å²) in [5.41, 5.74) is 0. The van der Waals surface area contributed by atoms with E-state index in [2.05, 4.69) is 31.2 Å². The van der Waals surface area contributed by atoms with Crippen LogP contribution < -0.4 is 0 Å². The molecule has 0 unspecified atom stereocenters. The summed E-state index contributed by atoms with van der Waals surface area (Å²) in [4.78, 5) is 0. The summed E-state index contributed by atoms with van der Waals surface area (Å²) in [7, 11) is 0. The number of aliphatic hydroxyl groups is 1. The molecule has 0 spiro atoms. The highest BCUT2D eigenvalue weighted by Gasteiger charge is 1.85. The average Bonchev–Trinajstić information content (AvgIpc) is 2.31. The molecule has 0 aliphatic heterocycles. The van der Waals surface area contributed by atoms with Crippen molar-refractivity contribution in [1.82, 2.24) is 0 Å². The lowest BCUT2D eigenvalue weighted by Crippen LogP contribution is -1.78. The van der Waals surface area contributed by atoms with Gasteiger partial charge in [-0.15, -0.1) is 0 Å². The maximum Gasteiger partial charge on any atom is 0.0433 e. The summed E-state index contributed by atoms with van der Waals surface area (Å²) in [5, 5.41) is 8.58. The molecule has 0 rings (SSSR count). The van der Waals surface area contributed by atoms with Gasteiger partial charge in [-0.2, -0.15) is 0 Å². The monoisotopic (exact) mass is 224 g/mol. The molecular weight excluding hydrogens is 196 g/mol. The third-order valence-corrected chi connectivity index (χ3v) is 2.61. The molecule has 0 heterocycles. The Morgan fingerprint density at radius 2 is 1.38 bits per heavy atom. The molecule has 94 valence electrons. The predicted molar refractivity (Wildman–Crippen MR) is 72.6 cm³/mol. The third kappa shape index (κ3) is 13.4. The van der Waals surface area contributed by atoms with Crippen LogP contribution in [0.25, 0.3) is 0 Å². The first-order valence-electron chi connectivity index (χ1n) is 6.82. The van der Waals surface area contributed by atoms with Crippen molar-refractivity contribution in [1.29, 1.82) is 0 Å². The average molecular weight is 224 g/mol. The van der Waals surface area contributed by atoms with Crippen LogP contribution in [0.5, 0.6) is 0 Å². The molecule has 0 aliphatic carbocycles. The molecule has 0 aromatic rings. The molecule has 1 heteroatoms. The summed E-state index contributed by atoms with van der Waals surface area (Å²) in [6.07, 6.45) is 19.9. The molecule has 0 radical (unpaired) electrons. The number of aliphatic hydroxyl groups excluding tert-OH is 1. The number of rotatable bonds is 11. The largest absolute Gasteiger partial charge is 0.396 e. The van der Waals surface area contributed by atoms with Crippen molar-refractivity contribution in [2.75, 3.05) is 6.61 Å². The molecule has 0 saturated heterocycles. The van der Waals surface area contributed by atoms with E-state index in [0.717, 1.165) is 19.3 Å². The van der Waals surface area contributed by atoms with Gasteiger partial charge >= 0.3 is 0 Å². The zero-order valence-corrected chi connectivity index (χ0v) is 10.8. The summed E-state index contributed by atoms with van der Waals surface area (Å²) in [6.45, 7) is 2.56. The molecular formula is C15H28O. The fourth-order valence-electron chi connectivity index (χ4n) is 1.58. The van der Waals surface area contributed by atoms with Crippen LogP contribution in [-0.4, -0.2) is 11.7 Å². The third-order valence-electron chi connectivity index (χ3n) is 2.61. The van der Waals surface area contributed by atoms with Crippen LogP contribution in [0, 0.1) is 0 Å². The van der Waals surface area contributed by atoms with E-state index < -0.39 is 0 Å². The highest BCUT2D eigenvalue weighted by atomic mass is 16.2. The first-order valence-corrected chi connectivity index (χ1v) is 6.82. The van der Waals surface area contributed by atoms with Gasteiger partial charge in [-0.25, -0.2) is 0 Å². The molecule has 0 aromatic heterocycles. The van der Waals surface area contributed by atoms with Gasteiger partial charge < -0.3 is 5.11 Å². The Balaban J connectivity index is 3.12. The Labute approximate surface area is 101 Å². The van der Waals surface area contributed by atoms with Gasteiger partial charge in [-0.3, -0.25) is 0 Å². The second kappa shape index (κ2) is 14.4. The van der Waals surface area contributed by atoms with Crippen LogP contribution in [0.2, 0.25) is 0 Å². The van der Waals surface area contributed by atoms with Gasteiger partial charge in [0.1, 0.15) is 0 Å². The lowest BCUT2D eigenvalue weighted by atomic mass is 10.1. The fourth-order valence-corrected chi connectivity index (χ4v) is 1.58. The number of hydrogen-bond acceptors (Lipinski definition) is 1. The Hall–Kier alpha value is -0.560. The van der Waals surface area contributed by atoms with Crippen LogP contribution in [-0.2, 0) is 0 Å². The SMILES string of the molecule is CCCCCCCC=CCC=CCCCO. The highest BCUT2D eigenvalue weighted by Crippen LogP contribution is 2.05. The predicted octanol–water partition coefficient (Wildman–Crippen LogP) is 4.62. The van der Waals surface area contributed by atoms with Crippen molar-refractivity contribution >= 4 is 0 Å². The fraction of sp³-hybridized carbons (Fsp3) is 0.733. The summed E-state index contributed by atoms with van der Waals surface area (Å²) < 4.78 is 0. The smallest absolute Gasteiger partial charge is 0.0433 e. The molecule has 0 aromatic carbocycles. The minimum Gasteiger partial charge on any atom is -0.396 e. The summed E-state index contributed by atoms with van der Waals surface area (Å²) >= 11 is 0. The van der Waals surface area contributed by atoms with Gasteiger partial charge in [-0.05, 0) is 32.1 Å². The zero-order chi connectivity index (χ0) is 11.9. The van der Waals surface area contributed by atoms with E-state index in [1.165, 1.54) is 38.5 Å². The Bertz CT molecular complexity index is 170. The number of hydrogen-bond donors (Lipinski definition) is 1. The molecule has 0 amide bonds. The normalized spacial score (nSPS) is 11.9. The minimum atomic E-state index is 0.304. The van der Waals surface area contributed by atoms with Gasteiger partial charge in [0, 0.05) is 6.61 Å². The first-order chi connectivity index (χ1) is 7.91. The Kier molecular flexibility index (Phi) is 13.9. The minimum absolute atomic E-state index is 0.304. The zero-order valence-electron chi connectivity index (χ0n) is 10.8. The molecule has 0 fully saturated rings. The number of allylic oxidation sites excluding steroid dienone is 4. The van der Waals surface area contributed by atoms with E-state index in [1.807, 2.05) is 0 Å². The van der Waals surface area contributed by atoms with E-state index in [1.54, 1.807) is 0 Å². The Morgan fingerprint density at radius 1 is 0.750 bits per heavy atom. The van der Waals surface area contributed by atoms with Gasteiger partial charge in [0.2, 0.25) is 0 Å². The quantitative estimate of drug-likeness (QED) is 0.401. The van der Waals surface area contributed by atoms with Crippen molar-refractivity contribution in [3.05, 3.63) is 24.3 Å².